The van der Waals surface area contributed by atoms with E-state index in [-0.39, 0.29) is 6.04 Å². The highest BCUT2D eigenvalue weighted by Crippen LogP contribution is 2.41. The average molecular weight is 245 g/mol. The van der Waals surface area contributed by atoms with Crippen molar-refractivity contribution in [2.45, 2.75) is 59.9 Å². The van der Waals surface area contributed by atoms with Gasteiger partial charge in [-0.25, -0.2) is 0 Å². The van der Waals surface area contributed by atoms with Crippen molar-refractivity contribution in [2.24, 2.45) is 17.6 Å². The van der Waals surface area contributed by atoms with Crippen molar-refractivity contribution in [2.75, 3.05) is 0 Å². The van der Waals surface area contributed by atoms with Gasteiger partial charge in [0.2, 0.25) is 0 Å². The van der Waals surface area contributed by atoms with Gasteiger partial charge in [-0.3, -0.25) is 0 Å². The highest BCUT2D eigenvalue weighted by Gasteiger charge is 2.31. The monoisotopic (exact) mass is 245 g/mol. The second-order valence-corrected chi connectivity index (χ2v) is 6.27. The van der Waals surface area contributed by atoms with E-state index in [1.54, 1.807) is 0 Å². The Bertz CT molecular complexity index is 421. The van der Waals surface area contributed by atoms with Crippen molar-refractivity contribution < 1.29 is 0 Å². The molecule has 1 heteroatoms. The minimum absolute atomic E-state index is 0.223. The lowest BCUT2D eigenvalue weighted by atomic mass is 9.81. The Kier molecular flexibility index (Phi) is 3.82. The molecular weight excluding hydrogens is 218 g/mol. The summed E-state index contributed by atoms with van der Waals surface area (Å²) in [4.78, 5) is 0. The van der Waals surface area contributed by atoms with Crippen LogP contribution in [-0.4, -0.2) is 0 Å². The molecule has 1 aliphatic carbocycles. The van der Waals surface area contributed by atoms with Crippen LogP contribution >= 0.6 is 0 Å². The molecule has 3 atom stereocenters. The Labute approximate surface area is 112 Å². The van der Waals surface area contributed by atoms with Crippen molar-refractivity contribution in [3.05, 3.63) is 33.9 Å². The fourth-order valence-corrected chi connectivity index (χ4v) is 3.67. The van der Waals surface area contributed by atoms with Crippen LogP contribution in [0.3, 0.4) is 0 Å². The topological polar surface area (TPSA) is 26.0 Å². The molecule has 0 spiro atoms. The fourth-order valence-electron chi connectivity index (χ4n) is 3.67. The van der Waals surface area contributed by atoms with E-state index >= 15 is 0 Å². The molecule has 2 N–H and O–H groups in total. The van der Waals surface area contributed by atoms with Crippen LogP contribution in [0.15, 0.2) is 6.07 Å². The van der Waals surface area contributed by atoms with Gasteiger partial charge in [0.15, 0.2) is 0 Å². The van der Waals surface area contributed by atoms with Crippen molar-refractivity contribution >= 4 is 0 Å². The van der Waals surface area contributed by atoms with Crippen LogP contribution in [0.1, 0.15) is 60.0 Å². The molecule has 0 aromatic heterocycles. The Balaban J connectivity index is 2.44. The maximum absolute atomic E-state index is 6.63. The van der Waals surface area contributed by atoms with Crippen LogP contribution in [0.4, 0.5) is 0 Å². The van der Waals surface area contributed by atoms with Crippen LogP contribution in [-0.2, 0) is 0 Å². The first kappa shape index (κ1) is 13.6. The lowest BCUT2D eigenvalue weighted by molar-refractivity contribution is 0.349. The molecule has 3 unspecified atom stereocenters. The summed E-state index contributed by atoms with van der Waals surface area (Å²) in [5.41, 5.74) is 13.6. The number of benzene rings is 1. The summed E-state index contributed by atoms with van der Waals surface area (Å²) in [5.74, 6) is 1.45. The number of aryl methyl sites for hydroxylation is 2. The molecule has 1 aromatic rings. The largest absolute Gasteiger partial charge is 0.324 e. The standard InChI is InChI=1S/C17H27N/c1-10-7-6-8-15(10)17(18)16-13(4)11(2)9-12(3)14(16)5/h9-10,15,17H,6-8,18H2,1-5H3. The minimum atomic E-state index is 0.223. The number of hydrogen-bond acceptors (Lipinski definition) is 1. The molecule has 0 aliphatic heterocycles. The summed E-state index contributed by atoms with van der Waals surface area (Å²) in [6.45, 7) is 11.2. The predicted octanol–water partition coefficient (Wildman–Crippen LogP) is 4.36. The first-order valence-corrected chi connectivity index (χ1v) is 7.26. The molecule has 18 heavy (non-hydrogen) atoms. The third-order valence-electron chi connectivity index (χ3n) is 5.15. The number of rotatable bonds is 2. The predicted molar refractivity (Wildman–Crippen MR) is 78.8 cm³/mol. The molecule has 2 rings (SSSR count). The molecular formula is C17H27N. The van der Waals surface area contributed by atoms with Gasteiger partial charge >= 0.3 is 0 Å². The van der Waals surface area contributed by atoms with Gasteiger partial charge in [0, 0.05) is 6.04 Å². The van der Waals surface area contributed by atoms with Crippen LogP contribution < -0.4 is 5.73 Å². The Hall–Kier alpha value is -0.820. The minimum Gasteiger partial charge on any atom is -0.324 e. The summed E-state index contributed by atoms with van der Waals surface area (Å²) < 4.78 is 0. The lowest BCUT2D eigenvalue weighted by Gasteiger charge is -2.28. The molecule has 0 heterocycles. The van der Waals surface area contributed by atoms with Crippen LogP contribution in [0.25, 0.3) is 0 Å². The highest BCUT2D eigenvalue weighted by molar-refractivity contribution is 5.45. The molecule has 0 radical (unpaired) electrons. The SMILES string of the molecule is Cc1cc(C)c(C)c(C(N)C2CCCC2C)c1C. The van der Waals surface area contributed by atoms with E-state index in [1.807, 2.05) is 0 Å². The number of hydrogen-bond donors (Lipinski definition) is 1. The molecule has 1 saturated carbocycles. The Morgan fingerprint density at radius 1 is 1.06 bits per heavy atom. The van der Waals surface area contributed by atoms with Crippen LogP contribution in [0.2, 0.25) is 0 Å². The maximum Gasteiger partial charge on any atom is 0.0331 e. The zero-order valence-corrected chi connectivity index (χ0v) is 12.5. The first-order chi connectivity index (χ1) is 8.43. The van der Waals surface area contributed by atoms with Crippen LogP contribution in [0, 0.1) is 39.5 Å². The van der Waals surface area contributed by atoms with E-state index in [9.17, 15) is 0 Å². The molecule has 0 bridgehead atoms. The summed E-state index contributed by atoms with van der Waals surface area (Å²) in [6.07, 6.45) is 4.00. The van der Waals surface area contributed by atoms with Gasteiger partial charge in [0.25, 0.3) is 0 Å². The van der Waals surface area contributed by atoms with E-state index in [0.717, 1.165) is 5.92 Å². The second-order valence-electron chi connectivity index (χ2n) is 6.27. The van der Waals surface area contributed by atoms with Gasteiger partial charge < -0.3 is 5.73 Å². The summed E-state index contributed by atoms with van der Waals surface area (Å²) in [7, 11) is 0. The lowest BCUT2D eigenvalue weighted by Crippen LogP contribution is -2.25. The van der Waals surface area contributed by atoms with E-state index < -0.39 is 0 Å². The molecule has 0 saturated heterocycles. The first-order valence-electron chi connectivity index (χ1n) is 7.26. The Morgan fingerprint density at radius 3 is 2.06 bits per heavy atom. The van der Waals surface area contributed by atoms with Gasteiger partial charge in [0.05, 0.1) is 0 Å². The van der Waals surface area contributed by atoms with Gasteiger partial charge in [-0.1, -0.05) is 25.8 Å². The third-order valence-corrected chi connectivity index (χ3v) is 5.15. The van der Waals surface area contributed by atoms with E-state index in [2.05, 4.69) is 40.7 Å². The Morgan fingerprint density at radius 2 is 1.61 bits per heavy atom. The fraction of sp³-hybridized carbons (Fsp3) is 0.647. The molecule has 100 valence electrons. The average Bonchev–Trinajstić information content (AvgIpc) is 2.73. The second kappa shape index (κ2) is 5.05. The normalized spacial score (nSPS) is 25.4. The van der Waals surface area contributed by atoms with Gasteiger partial charge in [-0.15, -0.1) is 0 Å². The molecule has 0 amide bonds. The van der Waals surface area contributed by atoms with E-state index in [4.69, 9.17) is 5.73 Å². The van der Waals surface area contributed by atoms with Gasteiger partial charge in [-0.05, 0) is 73.8 Å². The van der Waals surface area contributed by atoms with Crippen molar-refractivity contribution in [3.63, 3.8) is 0 Å². The summed E-state index contributed by atoms with van der Waals surface area (Å²) >= 11 is 0. The highest BCUT2D eigenvalue weighted by atomic mass is 14.7. The summed E-state index contributed by atoms with van der Waals surface area (Å²) in [6, 6.07) is 2.51. The van der Waals surface area contributed by atoms with E-state index in [1.165, 1.54) is 47.1 Å². The molecule has 1 nitrogen and oxygen atoms in total. The maximum atomic E-state index is 6.63. The zero-order chi connectivity index (χ0) is 13.4. The van der Waals surface area contributed by atoms with Gasteiger partial charge in [0.1, 0.15) is 0 Å². The molecule has 1 aromatic carbocycles. The van der Waals surface area contributed by atoms with Gasteiger partial charge in [-0.2, -0.15) is 0 Å². The smallest absolute Gasteiger partial charge is 0.0331 e. The van der Waals surface area contributed by atoms with Crippen molar-refractivity contribution in [3.8, 4) is 0 Å². The van der Waals surface area contributed by atoms with Crippen LogP contribution in [0.5, 0.6) is 0 Å². The van der Waals surface area contributed by atoms with Crippen molar-refractivity contribution in [1.29, 1.82) is 0 Å². The quantitative estimate of drug-likeness (QED) is 0.823. The molecule has 1 aliphatic rings. The van der Waals surface area contributed by atoms with E-state index in [0.29, 0.717) is 5.92 Å². The molecule has 1 fully saturated rings. The summed E-state index contributed by atoms with van der Waals surface area (Å²) in [5, 5.41) is 0. The van der Waals surface area contributed by atoms with Crippen molar-refractivity contribution in [1.82, 2.24) is 0 Å². The third kappa shape index (κ3) is 2.21. The number of nitrogens with two attached hydrogens (primary N) is 1. The zero-order valence-electron chi connectivity index (χ0n) is 12.5.